The number of hydrogen-bond donors (Lipinski definition) is 1. The summed E-state index contributed by atoms with van der Waals surface area (Å²) in [5.41, 5.74) is 4.33. The monoisotopic (exact) mass is 380 g/mol. The van der Waals surface area contributed by atoms with Gasteiger partial charge in [0.2, 0.25) is 0 Å². The van der Waals surface area contributed by atoms with Crippen LogP contribution in [0.25, 0.3) is 5.69 Å². The van der Waals surface area contributed by atoms with E-state index in [1.54, 1.807) is 0 Å². The quantitative estimate of drug-likeness (QED) is 0.802. The summed E-state index contributed by atoms with van der Waals surface area (Å²) in [6, 6.07) is 10.2. The van der Waals surface area contributed by atoms with Crippen LogP contribution in [0.5, 0.6) is 0 Å². The highest BCUT2D eigenvalue weighted by Crippen LogP contribution is 2.48. The van der Waals surface area contributed by atoms with Crippen molar-refractivity contribution < 1.29 is 14.7 Å². The number of likely N-dealkylation sites (tertiary alicyclic amines) is 1. The van der Waals surface area contributed by atoms with Crippen molar-refractivity contribution in [1.82, 2.24) is 9.47 Å². The zero-order valence-electron chi connectivity index (χ0n) is 16.9. The Bertz CT molecular complexity index is 928. The second-order valence-electron chi connectivity index (χ2n) is 8.60. The molecule has 0 spiro atoms. The van der Waals surface area contributed by atoms with Crippen LogP contribution in [-0.4, -0.2) is 46.0 Å². The van der Waals surface area contributed by atoms with Crippen molar-refractivity contribution >= 4 is 11.8 Å². The molecule has 148 valence electrons. The molecule has 2 atom stereocenters. The maximum absolute atomic E-state index is 13.1. The van der Waals surface area contributed by atoms with Crippen LogP contribution in [0.1, 0.15) is 46.6 Å². The number of carbonyl (C=O) groups excluding carboxylic acids is 1. The molecule has 2 fully saturated rings. The SMILES string of the molecule is Cc1ccc(-n2c(C)cc(C(=O)CN3C[C@@H]4CCC[C@@]4(C(=O)O)C3)c2C)cc1. The Morgan fingerprint density at radius 3 is 2.54 bits per heavy atom. The maximum Gasteiger partial charge on any atom is 0.311 e. The summed E-state index contributed by atoms with van der Waals surface area (Å²) in [6.07, 6.45) is 2.68. The topological polar surface area (TPSA) is 62.5 Å². The number of carboxylic acid groups (broad SMARTS) is 1. The molecule has 5 heteroatoms. The highest BCUT2D eigenvalue weighted by atomic mass is 16.4. The fourth-order valence-corrected chi connectivity index (χ4v) is 5.29. The molecule has 1 N–H and O–H groups in total. The van der Waals surface area contributed by atoms with Crippen molar-refractivity contribution in [1.29, 1.82) is 0 Å². The van der Waals surface area contributed by atoms with Crippen LogP contribution in [0.3, 0.4) is 0 Å². The number of hydrogen-bond acceptors (Lipinski definition) is 3. The molecule has 2 aromatic rings. The van der Waals surface area contributed by atoms with E-state index in [4.69, 9.17) is 0 Å². The summed E-state index contributed by atoms with van der Waals surface area (Å²) in [5.74, 6) is -0.438. The molecule has 0 unspecified atom stereocenters. The summed E-state index contributed by atoms with van der Waals surface area (Å²) in [6.45, 7) is 7.57. The number of ketones is 1. The Labute approximate surface area is 166 Å². The molecule has 1 aromatic heterocycles. The van der Waals surface area contributed by atoms with Crippen LogP contribution in [-0.2, 0) is 4.79 Å². The van der Waals surface area contributed by atoms with Crippen LogP contribution in [0, 0.1) is 32.1 Å². The smallest absolute Gasteiger partial charge is 0.311 e. The lowest BCUT2D eigenvalue weighted by molar-refractivity contribution is -0.149. The highest BCUT2D eigenvalue weighted by molar-refractivity contribution is 5.99. The van der Waals surface area contributed by atoms with E-state index in [1.807, 2.05) is 19.9 Å². The molecule has 4 rings (SSSR count). The minimum absolute atomic E-state index is 0.0759. The fraction of sp³-hybridized carbons (Fsp3) is 0.478. The zero-order chi connectivity index (χ0) is 20.1. The second kappa shape index (κ2) is 6.89. The summed E-state index contributed by atoms with van der Waals surface area (Å²) >= 11 is 0. The number of aromatic nitrogens is 1. The molecular formula is C23H28N2O3. The standard InChI is InChI=1S/C23H28N2O3/c1-15-6-8-19(9-7-15)25-16(2)11-20(17(25)3)21(26)13-24-12-18-5-4-10-23(18,14-24)22(27)28/h6-9,11,18H,4-5,10,12-14H2,1-3H3,(H,27,28)/t18-,23+/m0/s1. The molecule has 2 heterocycles. The lowest BCUT2D eigenvalue weighted by atomic mass is 9.81. The van der Waals surface area contributed by atoms with Crippen LogP contribution >= 0.6 is 0 Å². The van der Waals surface area contributed by atoms with Crippen molar-refractivity contribution in [2.24, 2.45) is 11.3 Å². The maximum atomic E-state index is 13.1. The molecule has 1 saturated carbocycles. The number of nitrogens with zero attached hydrogens (tertiary/aromatic N) is 2. The van der Waals surface area contributed by atoms with Gasteiger partial charge in [-0.05, 0) is 57.7 Å². The first-order valence-corrected chi connectivity index (χ1v) is 10.1. The number of benzene rings is 1. The molecule has 1 aromatic carbocycles. The highest BCUT2D eigenvalue weighted by Gasteiger charge is 2.54. The third-order valence-electron chi connectivity index (χ3n) is 6.76. The van der Waals surface area contributed by atoms with Gasteiger partial charge in [0.1, 0.15) is 0 Å². The van der Waals surface area contributed by atoms with Gasteiger partial charge in [0, 0.05) is 35.7 Å². The molecule has 0 bridgehead atoms. The fourth-order valence-electron chi connectivity index (χ4n) is 5.29. The first-order chi connectivity index (χ1) is 13.3. The van der Waals surface area contributed by atoms with E-state index in [0.717, 1.165) is 48.4 Å². The van der Waals surface area contributed by atoms with E-state index in [1.165, 1.54) is 5.56 Å². The summed E-state index contributed by atoms with van der Waals surface area (Å²) < 4.78 is 2.12. The lowest BCUT2D eigenvalue weighted by Crippen LogP contribution is -2.36. The van der Waals surface area contributed by atoms with E-state index in [0.29, 0.717) is 13.1 Å². The van der Waals surface area contributed by atoms with E-state index >= 15 is 0 Å². The molecule has 28 heavy (non-hydrogen) atoms. The second-order valence-corrected chi connectivity index (χ2v) is 8.60. The predicted molar refractivity (Wildman–Crippen MR) is 108 cm³/mol. The zero-order valence-corrected chi connectivity index (χ0v) is 16.9. The summed E-state index contributed by atoms with van der Waals surface area (Å²) in [7, 11) is 0. The van der Waals surface area contributed by atoms with Gasteiger partial charge >= 0.3 is 5.97 Å². The largest absolute Gasteiger partial charge is 0.481 e. The van der Waals surface area contributed by atoms with Crippen LogP contribution in [0.4, 0.5) is 0 Å². The minimum Gasteiger partial charge on any atom is -0.481 e. The number of fused-ring (bicyclic) bond motifs is 1. The van der Waals surface area contributed by atoms with Gasteiger partial charge in [-0.2, -0.15) is 0 Å². The van der Waals surface area contributed by atoms with Gasteiger partial charge in [-0.15, -0.1) is 0 Å². The van der Waals surface area contributed by atoms with Gasteiger partial charge in [-0.3, -0.25) is 14.5 Å². The first-order valence-electron chi connectivity index (χ1n) is 10.1. The normalized spacial score (nSPS) is 24.5. The number of rotatable bonds is 5. The van der Waals surface area contributed by atoms with Crippen LogP contribution in [0.2, 0.25) is 0 Å². The number of aryl methyl sites for hydroxylation is 2. The molecule has 1 aliphatic heterocycles. The molecular weight excluding hydrogens is 352 g/mol. The number of carboxylic acids is 1. The molecule has 0 amide bonds. The van der Waals surface area contributed by atoms with Gasteiger partial charge in [-0.25, -0.2) is 0 Å². The van der Waals surface area contributed by atoms with Crippen molar-refractivity contribution in [3.63, 3.8) is 0 Å². The average molecular weight is 380 g/mol. The lowest BCUT2D eigenvalue weighted by Gasteiger charge is -2.23. The summed E-state index contributed by atoms with van der Waals surface area (Å²) in [5, 5.41) is 9.76. The average Bonchev–Trinajstić information content (AvgIpc) is 3.27. The van der Waals surface area contributed by atoms with Crippen LogP contribution in [0.15, 0.2) is 30.3 Å². The third-order valence-corrected chi connectivity index (χ3v) is 6.76. The summed E-state index contributed by atoms with van der Waals surface area (Å²) in [4.78, 5) is 27.0. The van der Waals surface area contributed by atoms with Gasteiger partial charge in [0.25, 0.3) is 0 Å². The molecule has 1 aliphatic carbocycles. The molecule has 0 radical (unpaired) electrons. The van der Waals surface area contributed by atoms with E-state index < -0.39 is 11.4 Å². The van der Waals surface area contributed by atoms with E-state index in [9.17, 15) is 14.7 Å². The Kier molecular flexibility index (Phi) is 4.66. The molecule has 1 saturated heterocycles. The Morgan fingerprint density at radius 2 is 1.89 bits per heavy atom. The first kappa shape index (κ1) is 18.9. The van der Waals surface area contributed by atoms with Gasteiger partial charge < -0.3 is 9.67 Å². The van der Waals surface area contributed by atoms with Crippen molar-refractivity contribution in [2.45, 2.75) is 40.0 Å². The number of aliphatic carboxylic acids is 1. The van der Waals surface area contributed by atoms with Gasteiger partial charge in [0.05, 0.1) is 12.0 Å². The Hall–Kier alpha value is -2.40. The van der Waals surface area contributed by atoms with E-state index in [-0.39, 0.29) is 11.7 Å². The Morgan fingerprint density at radius 1 is 1.18 bits per heavy atom. The van der Waals surface area contributed by atoms with E-state index in [2.05, 4.69) is 40.7 Å². The number of carbonyl (C=O) groups is 2. The predicted octanol–water partition coefficient (Wildman–Crippen LogP) is 3.77. The van der Waals surface area contributed by atoms with Crippen molar-refractivity contribution in [3.8, 4) is 5.69 Å². The van der Waals surface area contributed by atoms with Gasteiger partial charge in [0.15, 0.2) is 5.78 Å². The molecule has 2 aliphatic rings. The minimum atomic E-state index is -0.692. The third kappa shape index (κ3) is 2.98. The molecule has 5 nitrogen and oxygen atoms in total. The number of Topliss-reactive ketones (excluding diaryl/α,β-unsaturated/α-hetero) is 1. The van der Waals surface area contributed by atoms with Crippen molar-refractivity contribution in [2.75, 3.05) is 19.6 Å². The van der Waals surface area contributed by atoms with Crippen LogP contribution < -0.4 is 0 Å². The van der Waals surface area contributed by atoms with Crippen molar-refractivity contribution in [3.05, 3.63) is 52.8 Å². The Balaban J connectivity index is 1.54. The van der Waals surface area contributed by atoms with Gasteiger partial charge in [-0.1, -0.05) is 24.1 Å².